The fourth-order valence-corrected chi connectivity index (χ4v) is 3.96. The van der Waals surface area contributed by atoms with Gasteiger partial charge in [0, 0.05) is 12.8 Å². The van der Waals surface area contributed by atoms with Gasteiger partial charge in [0.05, 0.1) is 6.04 Å². The maximum atomic E-state index is 13.3. The molecule has 0 aromatic heterocycles. The molecular formula is C29H39N3O6. The number of phenols is 2. The largest absolute Gasteiger partial charge is 0.508 e. The van der Waals surface area contributed by atoms with Crippen LogP contribution in [0.1, 0.15) is 57.6 Å². The summed E-state index contributed by atoms with van der Waals surface area (Å²) < 4.78 is 0. The molecule has 0 saturated carbocycles. The van der Waals surface area contributed by atoms with Crippen LogP contribution < -0.4 is 16.0 Å². The molecule has 0 aliphatic heterocycles. The summed E-state index contributed by atoms with van der Waals surface area (Å²) >= 11 is 0. The van der Waals surface area contributed by atoms with Gasteiger partial charge in [-0.1, -0.05) is 57.9 Å². The molecule has 9 nitrogen and oxygen atoms in total. The zero-order chi connectivity index (χ0) is 28.1. The van der Waals surface area contributed by atoms with E-state index in [0.29, 0.717) is 19.1 Å². The second kappa shape index (κ2) is 15.4. The highest BCUT2D eigenvalue weighted by Crippen LogP contribution is 2.14. The number of phenolic OH excluding ortho intramolecular Hbond substituents is 2. The van der Waals surface area contributed by atoms with Crippen molar-refractivity contribution >= 4 is 24.0 Å². The molecule has 0 fully saturated rings. The topological polar surface area (TPSA) is 145 Å². The number of hydrogen-bond acceptors (Lipinski definition) is 6. The van der Waals surface area contributed by atoms with E-state index in [2.05, 4.69) is 16.0 Å². The Morgan fingerprint density at radius 3 is 1.84 bits per heavy atom. The van der Waals surface area contributed by atoms with Gasteiger partial charge in [0.1, 0.15) is 29.9 Å². The van der Waals surface area contributed by atoms with Gasteiger partial charge in [-0.05, 0) is 54.2 Å². The van der Waals surface area contributed by atoms with Crippen molar-refractivity contribution in [2.45, 2.75) is 77.4 Å². The molecule has 0 radical (unpaired) electrons. The molecule has 2 aromatic rings. The van der Waals surface area contributed by atoms with Crippen molar-refractivity contribution in [1.82, 2.24) is 16.0 Å². The Morgan fingerprint density at radius 2 is 1.34 bits per heavy atom. The highest BCUT2D eigenvalue weighted by Gasteiger charge is 2.30. The Kier molecular flexibility index (Phi) is 12.3. The molecule has 9 heteroatoms. The molecule has 0 spiro atoms. The van der Waals surface area contributed by atoms with E-state index in [-0.39, 0.29) is 36.2 Å². The highest BCUT2D eigenvalue weighted by atomic mass is 16.3. The second-order valence-electron chi connectivity index (χ2n) is 9.80. The summed E-state index contributed by atoms with van der Waals surface area (Å²) in [4.78, 5) is 50.7. The molecule has 2 aromatic carbocycles. The average Bonchev–Trinajstić information content (AvgIpc) is 2.88. The van der Waals surface area contributed by atoms with E-state index in [9.17, 15) is 29.4 Å². The minimum atomic E-state index is -0.941. The Bertz CT molecular complexity index is 1050. The van der Waals surface area contributed by atoms with Crippen LogP contribution in [0.25, 0.3) is 0 Å². The number of benzene rings is 2. The normalized spacial score (nSPS) is 13.3. The Hall–Kier alpha value is -3.88. The number of carbonyl (C=O) groups excluding carboxylic acids is 4. The van der Waals surface area contributed by atoms with E-state index < -0.39 is 29.9 Å². The Morgan fingerprint density at radius 1 is 0.789 bits per heavy atom. The van der Waals surface area contributed by atoms with E-state index in [4.69, 9.17) is 0 Å². The van der Waals surface area contributed by atoms with Crippen molar-refractivity contribution < 1.29 is 29.4 Å². The number of unbranched alkanes of at least 4 members (excludes halogenated alkanes) is 2. The van der Waals surface area contributed by atoms with Crippen LogP contribution in [0.4, 0.5) is 0 Å². The number of carbonyl (C=O) groups is 4. The lowest BCUT2D eigenvalue weighted by Gasteiger charge is -2.26. The number of nitrogens with one attached hydrogen (secondary N) is 3. The molecule has 1 unspecified atom stereocenters. The van der Waals surface area contributed by atoms with E-state index in [0.717, 1.165) is 24.0 Å². The van der Waals surface area contributed by atoms with Gasteiger partial charge in [-0.3, -0.25) is 14.4 Å². The van der Waals surface area contributed by atoms with Gasteiger partial charge in [-0.25, -0.2) is 0 Å². The number of rotatable bonds is 15. The van der Waals surface area contributed by atoms with Gasteiger partial charge in [0.2, 0.25) is 17.7 Å². The minimum absolute atomic E-state index is 0.0898. The molecule has 3 atom stereocenters. The third-order valence-electron chi connectivity index (χ3n) is 6.17. The first kappa shape index (κ1) is 30.3. The summed E-state index contributed by atoms with van der Waals surface area (Å²) in [5, 5.41) is 27.3. The molecule has 3 amide bonds. The molecule has 0 aliphatic rings. The van der Waals surface area contributed by atoms with Crippen LogP contribution in [-0.2, 0) is 32.0 Å². The molecular weight excluding hydrogens is 486 g/mol. The lowest BCUT2D eigenvalue weighted by Crippen LogP contribution is -2.57. The number of aldehydes is 1. The van der Waals surface area contributed by atoms with Crippen molar-refractivity contribution in [1.29, 1.82) is 0 Å². The fraction of sp³-hybridized carbons (Fsp3) is 0.448. The Balaban J connectivity index is 2.12. The SMILES string of the molecule is CCCCCC(=O)N[C@@H](Cc1ccc(O)cc1)C(=O)N[C@H](C(=O)NC(C=O)Cc1ccc(O)cc1)C(C)C. The first-order valence-corrected chi connectivity index (χ1v) is 13.0. The van der Waals surface area contributed by atoms with Gasteiger partial charge in [-0.15, -0.1) is 0 Å². The van der Waals surface area contributed by atoms with Crippen molar-refractivity contribution in [3.63, 3.8) is 0 Å². The molecule has 0 aliphatic carbocycles. The molecule has 0 saturated heterocycles. The zero-order valence-corrected chi connectivity index (χ0v) is 22.3. The van der Waals surface area contributed by atoms with Crippen molar-refractivity contribution in [3.8, 4) is 11.5 Å². The molecule has 206 valence electrons. The van der Waals surface area contributed by atoms with Gasteiger partial charge >= 0.3 is 0 Å². The summed E-state index contributed by atoms with van der Waals surface area (Å²) in [5.74, 6) is -1.39. The smallest absolute Gasteiger partial charge is 0.243 e. The maximum Gasteiger partial charge on any atom is 0.243 e. The van der Waals surface area contributed by atoms with Crippen molar-refractivity contribution in [2.24, 2.45) is 5.92 Å². The molecule has 2 rings (SSSR count). The third kappa shape index (κ3) is 10.2. The van der Waals surface area contributed by atoms with E-state index >= 15 is 0 Å². The lowest BCUT2D eigenvalue weighted by molar-refractivity contribution is -0.133. The number of aromatic hydroxyl groups is 2. The van der Waals surface area contributed by atoms with Gasteiger partial charge in [-0.2, -0.15) is 0 Å². The summed E-state index contributed by atoms with van der Waals surface area (Å²) in [6, 6.07) is 9.99. The van der Waals surface area contributed by atoms with E-state index in [1.807, 2.05) is 6.92 Å². The van der Waals surface area contributed by atoms with Crippen molar-refractivity contribution in [2.75, 3.05) is 0 Å². The van der Waals surface area contributed by atoms with Crippen LogP contribution >= 0.6 is 0 Å². The zero-order valence-electron chi connectivity index (χ0n) is 22.3. The lowest BCUT2D eigenvalue weighted by atomic mass is 9.99. The molecule has 38 heavy (non-hydrogen) atoms. The molecule has 5 N–H and O–H groups in total. The number of hydrogen-bond donors (Lipinski definition) is 5. The van der Waals surface area contributed by atoms with Crippen LogP contribution in [0.15, 0.2) is 48.5 Å². The predicted octanol–water partition coefficient (Wildman–Crippen LogP) is 2.77. The van der Waals surface area contributed by atoms with Gasteiger partial charge < -0.3 is 31.0 Å². The van der Waals surface area contributed by atoms with E-state index in [1.165, 1.54) is 24.3 Å². The second-order valence-corrected chi connectivity index (χ2v) is 9.80. The quantitative estimate of drug-likeness (QED) is 0.179. The molecule has 0 bridgehead atoms. The standard InChI is InChI=1S/C29H39N3O6/c1-4-5-6-7-26(36)31-25(17-21-10-14-24(35)15-11-21)28(37)32-27(19(2)3)29(38)30-22(18-33)16-20-8-12-23(34)13-9-20/h8-15,18-19,22,25,27,34-35H,4-7,16-17H2,1-3H3,(H,30,38)(H,31,36)(H,32,37)/t22?,25-,27-/m0/s1. The Labute approximate surface area is 224 Å². The average molecular weight is 526 g/mol. The summed E-state index contributed by atoms with van der Waals surface area (Å²) in [6.45, 7) is 5.59. The van der Waals surface area contributed by atoms with Crippen LogP contribution in [0, 0.1) is 5.92 Å². The van der Waals surface area contributed by atoms with E-state index in [1.54, 1.807) is 38.1 Å². The van der Waals surface area contributed by atoms with Gasteiger partial charge in [0.25, 0.3) is 0 Å². The summed E-state index contributed by atoms with van der Waals surface area (Å²) in [7, 11) is 0. The van der Waals surface area contributed by atoms with Crippen LogP contribution in [0.5, 0.6) is 11.5 Å². The fourth-order valence-electron chi connectivity index (χ4n) is 3.96. The van der Waals surface area contributed by atoms with Crippen LogP contribution in [0.2, 0.25) is 0 Å². The number of amides is 3. The first-order valence-electron chi connectivity index (χ1n) is 13.0. The minimum Gasteiger partial charge on any atom is -0.508 e. The third-order valence-corrected chi connectivity index (χ3v) is 6.17. The van der Waals surface area contributed by atoms with Gasteiger partial charge in [0.15, 0.2) is 0 Å². The summed E-state index contributed by atoms with van der Waals surface area (Å²) in [6.07, 6.45) is 3.90. The first-order chi connectivity index (χ1) is 18.1. The van der Waals surface area contributed by atoms with Crippen LogP contribution in [0.3, 0.4) is 0 Å². The summed E-state index contributed by atoms with van der Waals surface area (Å²) in [5.41, 5.74) is 1.49. The predicted molar refractivity (Wildman–Crippen MR) is 144 cm³/mol. The monoisotopic (exact) mass is 525 g/mol. The highest BCUT2D eigenvalue weighted by molar-refractivity contribution is 5.93. The van der Waals surface area contributed by atoms with Crippen molar-refractivity contribution in [3.05, 3.63) is 59.7 Å². The van der Waals surface area contributed by atoms with Crippen LogP contribution in [-0.4, -0.2) is 52.3 Å². The molecule has 0 heterocycles. The maximum absolute atomic E-state index is 13.3.